The first-order valence-corrected chi connectivity index (χ1v) is 5.56. The van der Waals surface area contributed by atoms with Crippen LogP contribution in [0.15, 0.2) is 29.2 Å². The molecule has 0 aliphatic heterocycles. The van der Waals surface area contributed by atoms with Crippen LogP contribution >= 0.6 is 0 Å². The fourth-order valence-electron chi connectivity index (χ4n) is 1.94. The molecule has 0 amide bonds. The molecule has 1 fully saturated rings. The van der Waals surface area contributed by atoms with Crippen molar-refractivity contribution in [1.29, 1.82) is 0 Å². The first-order chi connectivity index (χ1) is 8.47. The lowest BCUT2D eigenvalue weighted by atomic mass is 10.2. The summed E-state index contributed by atoms with van der Waals surface area (Å²) >= 11 is 0. The highest BCUT2D eigenvalue weighted by atomic mass is 19.4. The van der Waals surface area contributed by atoms with Crippen LogP contribution in [0.25, 0.3) is 10.9 Å². The minimum atomic E-state index is -4.49. The van der Waals surface area contributed by atoms with E-state index in [9.17, 15) is 18.0 Å². The fraction of sp³-hybridized carbons (Fsp3) is 0.333. The molecule has 1 aliphatic rings. The number of hydrogen-bond donors (Lipinski definition) is 0. The number of alkyl halides is 3. The number of aromatic nitrogens is 2. The smallest absolute Gasteiger partial charge is 0.312 e. The van der Waals surface area contributed by atoms with E-state index < -0.39 is 11.9 Å². The van der Waals surface area contributed by atoms with Crippen LogP contribution in [0.4, 0.5) is 13.2 Å². The summed E-state index contributed by atoms with van der Waals surface area (Å²) in [4.78, 5) is 15.5. The highest BCUT2D eigenvalue weighted by molar-refractivity contribution is 5.77. The summed E-state index contributed by atoms with van der Waals surface area (Å²) < 4.78 is 39.0. The third-order valence-corrected chi connectivity index (χ3v) is 3.01. The zero-order valence-electron chi connectivity index (χ0n) is 9.24. The number of nitrogens with zero attached hydrogens (tertiary/aromatic N) is 2. The lowest BCUT2D eigenvalue weighted by Crippen LogP contribution is -2.19. The molecule has 0 unspecified atom stereocenters. The average Bonchev–Trinajstić information content (AvgIpc) is 3.12. The highest BCUT2D eigenvalue weighted by Crippen LogP contribution is 2.34. The molecular weight excluding hydrogens is 245 g/mol. The van der Waals surface area contributed by atoms with E-state index in [2.05, 4.69) is 4.98 Å². The van der Waals surface area contributed by atoms with Crippen molar-refractivity contribution in [2.45, 2.75) is 25.1 Å². The molecule has 94 valence electrons. The molecule has 0 bridgehead atoms. The van der Waals surface area contributed by atoms with Crippen LogP contribution in [0.3, 0.4) is 0 Å². The minimum absolute atomic E-state index is 0.0896. The van der Waals surface area contributed by atoms with Crippen molar-refractivity contribution in [2.75, 3.05) is 0 Å². The van der Waals surface area contributed by atoms with Crippen LogP contribution in [0, 0.1) is 0 Å². The van der Waals surface area contributed by atoms with Crippen LogP contribution in [0.5, 0.6) is 0 Å². The second-order valence-electron chi connectivity index (χ2n) is 4.39. The summed E-state index contributed by atoms with van der Waals surface area (Å²) in [5.74, 6) is 0. The number of rotatable bonds is 1. The van der Waals surface area contributed by atoms with Crippen molar-refractivity contribution in [3.8, 4) is 0 Å². The average molecular weight is 254 g/mol. The Labute approximate surface area is 99.9 Å². The normalized spacial score (nSPS) is 16.2. The van der Waals surface area contributed by atoms with Crippen molar-refractivity contribution in [2.24, 2.45) is 0 Å². The predicted octanol–water partition coefficient (Wildman–Crippen LogP) is 2.75. The van der Waals surface area contributed by atoms with Gasteiger partial charge in [0, 0.05) is 12.2 Å². The van der Waals surface area contributed by atoms with Gasteiger partial charge in [0.25, 0.3) is 5.56 Å². The Hall–Kier alpha value is -1.85. The molecule has 18 heavy (non-hydrogen) atoms. The van der Waals surface area contributed by atoms with E-state index in [1.807, 2.05) is 0 Å². The highest BCUT2D eigenvalue weighted by Gasteiger charge is 2.33. The largest absolute Gasteiger partial charge is 0.433 e. The van der Waals surface area contributed by atoms with Crippen molar-refractivity contribution in [3.05, 3.63) is 40.4 Å². The first-order valence-electron chi connectivity index (χ1n) is 5.56. The van der Waals surface area contributed by atoms with Gasteiger partial charge in [-0.1, -0.05) is 0 Å². The fourth-order valence-corrected chi connectivity index (χ4v) is 1.94. The van der Waals surface area contributed by atoms with E-state index in [0.29, 0.717) is 0 Å². The Morgan fingerprint density at radius 3 is 2.56 bits per heavy atom. The summed E-state index contributed by atoms with van der Waals surface area (Å²) in [6.07, 6.45) is -1.08. The quantitative estimate of drug-likeness (QED) is 0.784. The van der Waals surface area contributed by atoms with Crippen LogP contribution in [-0.2, 0) is 6.18 Å². The summed E-state index contributed by atoms with van der Waals surface area (Å²) in [7, 11) is 0. The Morgan fingerprint density at radius 1 is 1.22 bits per heavy atom. The summed E-state index contributed by atoms with van der Waals surface area (Å²) in [6, 6.07) is 3.71. The van der Waals surface area contributed by atoms with Gasteiger partial charge in [0.15, 0.2) is 0 Å². The van der Waals surface area contributed by atoms with Crippen molar-refractivity contribution in [3.63, 3.8) is 0 Å². The van der Waals surface area contributed by atoms with Gasteiger partial charge in [-0.3, -0.25) is 4.79 Å². The predicted molar refractivity (Wildman–Crippen MR) is 59.3 cm³/mol. The molecule has 3 nitrogen and oxygen atoms in total. The molecule has 0 atom stereocenters. The van der Waals surface area contributed by atoms with E-state index in [1.165, 1.54) is 18.3 Å². The third-order valence-electron chi connectivity index (χ3n) is 3.01. The molecule has 0 radical (unpaired) electrons. The molecular formula is C12H9F3N2O. The summed E-state index contributed by atoms with van der Waals surface area (Å²) in [5, 5.41) is 0.234. The zero-order chi connectivity index (χ0) is 12.9. The molecule has 1 saturated carbocycles. The van der Waals surface area contributed by atoms with E-state index in [1.54, 1.807) is 4.57 Å². The van der Waals surface area contributed by atoms with Gasteiger partial charge in [0.05, 0.1) is 10.9 Å². The SMILES string of the molecule is O=c1c2ccc(C(F)(F)F)nc2ccn1C1CC1. The van der Waals surface area contributed by atoms with Gasteiger partial charge >= 0.3 is 6.18 Å². The first kappa shape index (κ1) is 11.3. The lowest BCUT2D eigenvalue weighted by molar-refractivity contribution is -0.140. The molecule has 0 spiro atoms. The van der Waals surface area contributed by atoms with Crippen LogP contribution < -0.4 is 5.56 Å². The standard InChI is InChI=1S/C12H9F3N2O/c13-12(14,15)10-4-3-8-9(16-10)5-6-17(11(8)18)7-1-2-7/h3-7H,1-2H2. The minimum Gasteiger partial charge on any atom is -0.312 e. The Kier molecular flexibility index (Phi) is 2.23. The van der Waals surface area contributed by atoms with E-state index in [-0.39, 0.29) is 22.5 Å². The zero-order valence-corrected chi connectivity index (χ0v) is 9.24. The topological polar surface area (TPSA) is 34.9 Å². The van der Waals surface area contributed by atoms with Crippen molar-refractivity contribution in [1.82, 2.24) is 9.55 Å². The molecule has 0 saturated heterocycles. The van der Waals surface area contributed by atoms with E-state index in [4.69, 9.17) is 0 Å². The summed E-state index contributed by atoms with van der Waals surface area (Å²) in [6.45, 7) is 0. The van der Waals surface area contributed by atoms with Crippen LogP contribution in [0.1, 0.15) is 24.6 Å². The maximum atomic E-state index is 12.5. The number of pyridine rings is 2. The maximum absolute atomic E-state index is 12.5. The van der Waals surface area contributed by atoms with Gasteiger partial charge in [-0.05, 0) is 31.0 Å². The molecule has 0 N–H and O–H groups in total. The number of halogens is 3. The van der Waals surface area contributed by atoms with Crippen molar-refractivity contribution < 1.29 is 13.2 Å². The van der Waals surface area contributed by atoms with Crippen LogP contribution in [-0.4, -0.2) is 9.55 Å². The molecule has 1 aliphatic carbocycles. The Morgan fingerprint density at radius 2 is 1.94 bits per heavy atom. The van der Waals surface area contributed by atoms with Gasteiger partial charge in [-0.25, -0.2) is 4.98 Å². The monoisotopic (exact) mass is 254 g/mol. The van der Waals surface area contributed by atoms with Gasteiger partial charge in [0.2, 0.25) is 0 Å². The third kappa shape index (κ3) is 1.77. The van der Waals surface area contributed by atoms with E-state index >= 15 is 0 Å². The van der Waals surface area contributed by atoms with Crippen molar-refractivity contribution >= 4 is 10.9 Å². The second kappa shape index (κ2) is 3.57. The van der Waals surface area contributed by atoms with Crippen LogP contribution in [0.2, 0.25) is 0 Å². The molecule has 2 aromatic heterocycles. The van der Waals surface area contributed by atoms with Gasteiger partial charge in [0.1, 0.15) is 5.69 Å². The molecule has 2 heterocycles. The van der Waals surface area contributed by atoms with Gasteiger partial charge in [-0.2, -0.15) is 13.2 Å². The Bertz CT molecular complexity index is 671. The summed E-state index contributed by atoms with van der Waals surface area (Å²) in [5.41, 5.74) is -1.15. The molecule has 6 heteroatoms. The van der Waals surface area contributed by atoms with E-state index in [0.717, 1.165) is 18.9 Å². The molecule has 0 aromatic carbocycles. The second-order valence-corrected chi connectivity index (χ2v) is 4.39. The molecule has 3 rings (SSSR count). The van der Waals surface area contributed by atoms with Gasteiger partial charge < -0.3 is 4.57 Å². The van der Waals surface area contributed by atoms with Gasteiger partial charge in [-0.15, -0.1) is 0 Å². The Balaban J connectivity index is 2.20. The molecule has 2 aromatic rings. The lowest BCUT2D eigenvalue weighted by Gasteiger charge is -2.08. The maximum Gasteiger partial charge on any atom is 0.433 e. The number of fused-ring (bicyclic) bond motifs is 1. The number of hydrogen-bond acceptors (Lipinski definition) is 2.